The number of hydrogen-bond acceptors (Lipinski definition) is 4. The maximum atomic E-state index is 12.3. The topological polar surface area (TPSA) is 59.6 Å². The van der Waals surface area contributed by atoms with Gasteiger partial charge in [0.05, 0.1) is 19.8 Å². The summed E-state index contributed by atoms with van der Waals surface area (Å²) in [6, 6.07) is 5.76. The van der Waals surface area contributed by atoms with Gasteiger partial charge < -0.3 is 20.1 Å². The van der Waals surface area contributed by atoms with E-state index < -0.39 is 0 Å². The van der Waals surface area contributed by atoms with Crippen molar-refractivity contribution in [1.82, 2.24) is 10.6 Å². The van der Waals surface area contributed by atoms with Crippen LogP contribution in [-0.2, 0) is 4.79 Å². The molecule has 2 N–H and O–H groups in total. The molecule has 1 fully saturated rings. The van der Waals surface area contributed by atoms with Crippen LogP contribution in [-0.4, -0.2) is 32.7 Å². The first-order chi connectivity index (χ1) is 11.1. The molecule has 1 aliphatic rings. The van der Waals surface area contributed by atoms with Gasteiger partial charge in [-0.15, -0.1) is 12.4 Å². The molecule has 0 aromatic heterocycles. The van der Waals surface area contributed by atoms with E-state index in [1.165, 1.54) is 0 Å². The maximum absolute atomic E-state index is 12.3. The Labute approximate surface area is 150 Å². The van der Waals surface area contributed by atoms with Gasteiger partial charge in [0.2, 0.25) is 5.91 Å². The number of rotatable bonds is 8. The summed E-state index contributed by atoms with van der Waals surface area (Å²) in [7, 11) is 1.63. The second-order valence-electron chi connectivity index (χ2n) is 6.20. The third-order valence-corrected chi connectivity index (χ3v) is 4.44. The van der Waals surface area contributed by atoms with Crippen molar-refractivity contribution >= 4 is 18.3 Å². The number of amides is 1. The summed E-state index contributed by atoms with van der Waals surface area (Å²) in [6.45, 7) is 8.58. The van der Waals surface area contributed by atoms with E-state index in [1.54, 1.807) is 7.11 Å². The highest BCUT2D eigenvalue weighted by Gasteiger charge is 2.29. The molecule has 2 atom stereocenters. The van der Waals surface area contributed by atoms with Crippen molar-refractivity contribution in [3.8, 4) is 11.5 Å². The van der Waals surface area contributed by atoms with Gasteiger partial charge in [-0.3, -0.25) is 4.79 Å². The van der Waals surface area contributed by atoms with E-state index in [9.17, 15) is 4.79 Å². The minimum Gasteiger partial charge on any atom is -0.493 e. The van der Waals surface area contributed by atoms with Crippen LogP contribution in [0.25, 0.3) is 0 Å². The van der Waals surface area contributed by atoms with Gasteiger partial charge in [0.25, 0.3) is 0 Å². The lowest BCUT2D eigenvalue weighted by Crippen LogP contribution is -2.49. The van der Waals surface area contributed by atoms with Crippen molar-refractivity contribution in [3.05, 3.63) is 23.8 Å². The highest BCUT2D eigenvalue weighted by Crippen LogP contribution is 2.30. The third-order valence-electron chi connectivity index (χ3n) is 4.44. The molecule has 1 aromatic rings. The fourth-order valence-corrected chi connectivity index (χ4v) is 2.59. The molecule has 1 aliphatic heterocycles. The molecular formula is C18H29ClN2O3. The Hall–Kier alpha value is -1.46. The van der Waals surface area contributed by atoms with Crippen molar-refractivity contribution in [2.75, 3.05) is 26.8 Å². The van der Waals surface area contributed by atoms with E-state index in [4.69, 9.17) is 9.47 Å². The first kappa shape index (κ1) is 20.6. The largest absolute Gasteiger partial charge is 0.493 e. The van der Waals surface area contributed by atoms with Crippen LogP contribution in [0.5, 0.6) is 11.5 Å². The quantitative estimate of drug-likeness (QED) is 0.751. The van der Waals surface area contributed by atoms with Crippen molar-refractivity contribution in [2.45, 2.75) is 33.2 Å². The van der Waals surface area contributed by atoms with E-state index in [2.05, 4.69) is 17.6 Å². The van der Waals surface area contributed by atoms with Gasteiger partial charge in [0.15, 0.2) is 11.5 Å². The lowest BCUT2D eigenvalue weighted by atomic mass is 9.88. The summed E-state index contributed by atoms with van der Waals surface area (Å²) in [4.78, 5) is 12.3. The van der Waals surface area contributed by atoms with Crippen LogP contribution in [0.1, 0.15) is 38.8 Å². The van der Waals surface area contributed by atoms with E-state index in [0.29, 0.717) is 18.3 Å². The fraction of sp³-hybridized carbons (Fsp3) is 0.611. The molecular weight excluding hydrogens is 328 g/mol. The smallest absolute Gasteiger partial charge is 0.223 e. The van der Waals surface area contributed by atoms with Gasteiger partial charge in [-0.25, -0.2) is 0 Å². The molecule has 2 unspecified atom stereocenters. The first-order valence-electron chi connectivity index (χ1n) is 8.38. The molecule has 136 valence electrons. The van der Waals surface area contributed by atoms with Crippen molar-refractivity contribution in [3.63, 3.8) is 0 Å². The van der Waals surface area contributed by atoms with Crippen LogP contribution in [0.4, 0.5) is 0 Å². The summed E-state index contributed by atoms with van der Waals surface area (Å²) in [5.74, 6) is 2.03. The molecule has 24 heavy (non-hydrogen) atoms. The Bertz CT molecular complexity index is 535. The summed E-state index contributed by atoms with van der Waals surface area (Å²) in [5.41, 5.74) is 1.01. The third kappa shape index (κ3) is 5.02. The highest BCUT2D eigenvalue weighted by molar-refractivity contribution is 5.85. The monoisotopic (exact) mass is 356 g/mol. The highest BCUT2D eigenvalue weighted by atomic mass is 35.5. The van der Waals surface area contributed by atoms with Gasteiger partial charge in [0, 0.05) is 5.92 Å². The number of ether oxygens (including phenoxy) is 2. The Morgan fingerprint density at radius 1 is 1.33 bits per heavy atom. The van der Waals surface area contributed by atoms with Crippen LogP contribution in [0.2, 0.25) is 0 Å². The summed E-state index contributed by atoms with van der Waals surface area (Å²) in [6.07, 6.45) is 0.950. The number of benzene rings is 1. The molecule has 0 aliphatic carbocycles. The van der Waals surface area contributed by atoms with Gasteiger partial charge in [-0.2, -0.15) is 0 Å². The van der Waals surface area contributed by atoms with Crippen LogP contribution < -0.4 is 20.1 Å². The van der Waals surface area contributed by atoms with E-state index in [-0.39, 0.29) is 30.3 Å². The SMILES string of the molecule is CCCOc1ccc(C(C)NC(=O)C(C)C2CNC2)cc1OC.Cl. The number of nitrogens with one attached hydrogen (secondary N) is 2. The van der Waals surface area contributed by atoms with Crippen LogP contribution in [0, 0.1) is 11.8 Å². The molecule has 6 heteroatoms. The predicted molar refractivity (Wildman–Crippen MR) is 98.1 cm³/mol. The first-order valence-corrected chi connectivity index (χ1v) is 8.38. The van der Waals surface area contributed by atoms with Crippen LogP contribution >= 0.6 is 12.4 Å². The van der Waals surface area contributed by atoms with Gasteiger partial charge in [-0.1, -0.05) is 19.9 Å². The summed E-state index contributed by atoms with van der Waals surface area (Å²) < 4.78 is 11.1. The molecule has 1 heterocycles. The minimum atomic E-state index is -0.0629. The Morgan fingerprint density at radius 2 is 2.04 bits per heavy atom. The predicted octanol–water partition coefficient (Wildman–Crippen LogP) is 2.94. The van der Waals surface area contributed by atoms with Gasteiger partial charge in [0.1, 0.15) is 0 Å². The van der Waals surface area contributed by atoms with E-state index >= 15 is 0 Å². The normalized spacial score (nSPS) is 16.3. The molecule has 5 nitrogen and oxygen atoms in total. The molecule has 0 radical (unpaired) electrons. The Balaban J connectivity index is 0.00000288. The number of hydrogen-bond donors (Lipinski definition) is 2. The molecule has 0 bridgehead atoms. The molecule has 0 saturated carbocycles. The van der Waals surface area contributed by atoms with Gasteiger partial charge >= 0.3 is 0 Å². The summed E-state index contributed by atoms with van der Waals surface area (Å²) >= 11 is 0. The average molecular weight is 357 g/mol. The second kappa shape index (κ2) is 9.74. The lowest BCUT2D eigenvalue weighted by Gasteiger charge is -2.32. The van der Waals surface area contributed by atoms with Crippen LogP contribution in [0.15, 0.2) is 18.2 Å². The van der Waals surface area contributed by atoms with Crippen molar-refractivity contribution in [2.24, 2.45) is 11.8 Å². The lowest BCUT2D eigenvalue weighted by molar-refractivity contribution is -0.127. The zero-order valence-corrected chi connectivity index (χ0v) is 15.7. The molecule has 1 aromatic carbocycles. The summed E-state index contributed by atoms with van der Waals surface area (Å²) in [5, 5.41) is 6.31. The number of carbonyl (C=O) groups is 1. The molecule has 2 rings (SSSR count). The molecule has 1 amide bonds. The Kier molecular flexibility index (Phi) is 8.36. The number of carbonyl (C=O) groups excluding carboxylic acids is 1. The van der Waals surface area contributed by atoms with Crippen molar-refractivity contribution in [1.29, 1.82) is 0 Å². The maximum Gasteiger partial charge on any atom is 0.223 e. The zero-order chi connectivity index (χ0) is 16.8. The van der Waals surface area contributed by atoms with Crippen LogP contribution in [0.3, 0.4) is 0 Å². The average Bonchev–Trinajstić information content (AvgIpc) is 2.50. The fourth-order valence-electron chi connectivity index (χ4n) is 2.59. The van der Waals surface area contributed by atoms with Crippen molar-refractivity contribution < 1.29 is 14.3 Å². The zero-order valence-electron chi connectivity index (χ0n) is 14.9. The number of methoxy groups -OCH3 is 1. The minimum absolute atomic E-state index is 0. The number of halogens is 1. The van der Waals surface area contributed by atoms with Gasteiger partial charge in [-0.05, 0) is 50.0 Å². The van der Waals surface area contributed by atoms with E-state index in [0.717, 1.165) is 30.8 Å². The molecule has 1 saturated heterocycles. The van der Waals surface area contributed by atoms with E-state index in [1.807, 2.05) is 32.0 Å². The Morgan fingerprint density at radius 3 is 2.58 bits per heavy atom. The second-order valence-corrected chi connectivity index (χ2v) is 6.20. The molecule has 0 spiro atoms. The standard InChI is InChI=1S/C18H28N2O3.ClH/c1-5-8-23-16-7-6-14(9-17(16)22-4)13(3)20-18(21)12(2)15-10-19-11-15;/h6-7,9,12-13,15,19H,5,8,10-11H2,1-4H3,(H,20,21);1H.